The first-order chi connectivity index (χ1) is 6.42. The molecule has 3 nitrogen and oxygen atoms in total. The summed E-state index contributed by atoms with van der Waals surface area (Å²) < 4.78 is 0. The van der Waals surface area contributed by atoms with Gasteiger partial charge in [0.25, 0.3) is 0 Å². The summed E-state index contributed by atoms with van der Waals surface area (Å²) in [5, 5.41) is 8.83. The second kappa shape index (κ2) is 6.02. The summed E-state index contributed by atoms with van der Waals surface area (Å²) in [5.41, 5.74) is -0.193. The molecule has 0 heterocycles. The van der Waals surface area contributed by atoms with Gasteiger partial charge in [-0.2, -0.15) is 0 Å². The molecule has 0 aromatic rings. The average Bonchev–Trinajstić information content (AvgIpc) is 2.03. The van der Waals surface area contributed by atoms with Crippen molar-refractivity contribution >= 4 is 5.97 Å². The quantitative estimate of drug-likeness (QED) is 0.643. The highest BCUT2D eigenvalue weighted by Crippen LogP contribution is 2.23. The molecule has 3 heteroatoms. The van der Waals surface area contributed by atoms with Crippen molar-refractivity contribution in [1.82, 2.24) is 4.90 Å². The highest BCUT2D eigenvalue weighted by molar-refractivity contribution is 5.68. The molecule has 0 aliphatic heterocycles. The van der Waals surface area contributed by atoms with Crippen molar-refractivity contribution in [3.63, 3.8) is 0 Å². The highest BCUT2D eigenvalue weighted by Gasteiger charge is 2.28. The van der Waals surface area contributed by atoms with Crippen molar-refractivity contribution in [3.8, 4) is 0 Å². The molecular weight excluding hydrogens is 178 g/mol. The van der Waals surface area contributed by atoms with Crippen LogP contribution in [0.5, 0.6) is 0 Å². The number of nitrogens with zero attached hydrogens (tertiary/aromatic N) is 1. The number of carboxylic acid groups (broad SMARTS) is 1. The molecule has 0 saturated heterocycles. The zero-order valence-electron chi connectivity index (χ0n) is 9.84. The SMILES string of the molecule is CCCCCC(C)(CC(=O)O)N(C)C. The molecule has 0 aromatic carbocycles. The Kier molecular flexibility index (Phi) is 5.77. The fraction of sp³-hybridized carbons (Fsp3) is 0.909. The van der Waals surface area contributed by atoms with E-state index in [-0.39, 0.29) is 12.0 Å². The van der Waals surface area contributed by atoms with Crippen LogP contribution >= 0.6 is 0 Å². The second-order valence-electron chi connectivity index (χ2n) is 4.42. The average molecular weight is 201 g/mol. The standard InChI is InChI=1S/C11H23NO2/c1-5-6-7-8-11(2,12(3)4)9-10(13)14/h5-9H2,1-4H3,(H,13,14). The Bertz CT molecular complexity index is 180. The minimum absolute atomic E-state index is 0.193. The number of carboxylic acids is 1. The van der Waals surface area contributed by atoms with Gasteiger partial charge >= 0.3 is 5.97 Å². The van der Waals surface area contributed by atoms with E-state index in [0.717, 1.165) is 12.8 Å². The number of rotatable bonds is 7. The van der Waals surface area contributed by atoms with Gasteiger partial charge in [-0.3, -0.25) is 4.79 Å². The molecular formula is C11H23NO2. The monoisotopic (exact) mass is 201 g/mol. The molecule has 0 bridgehead atoms. The van der Waals surface area contributed by atoms with Gasteiger partial charge in [-0.15, -0.1) is 0 Å². The van der Waals surface area contributed by atoms with Crippen LogP contribution in [0.3, 0.4) is 0 Å². The van der Waals surface area contributed by atoms with E-state index in [9.17, 15) is 4.79 Å². The van der Waals surface area contributed by atoms with E-state index in [2.05, 4.69) is 6.92 Å². The fourth-order valence-corrected chi connectivity index (χ4v) is 1.55. The van der Waals surface area contributed by atoms with Crippen LogP contribution in [0, 0.1) is 0 Å². The summed E-state index contributed by atoms with van der Waals surface area (Å²) >= 11 is 0. The van der Waals surface area contributed by atoms with Crippen molar-refractivity contribution < 1.29 is 9.90 Å². The van der Waals surface area contributed by atoms with Crippen LogP contribution in [0.4, 0.5) is 0 Å². The maximum Gasteiger partial charge on any atom is 0.305 e. The molecule has 0 aromatic heterocycles. The molecule has 14 heavy (non-hydrogen) atoms. The van der Waals surface area contributed by atoms with Gasteiger partial charge in [0.15, 0.2) is 0 Å². The molecule has 84 valence electrons. The van der Waals surface area contributed by atoms with Gasteiger partial charge < -0.3 is 10.0 Å². The van der Waals surface area contributed by atoms with E-state index in [1.807, 2.05) is 25.9 Å². The lowest BCUT2D eigenvalue weighted by molar-refractivity contribution is -0.139. The third-order valence-electron chi connectivity index (χ3n) is 2.93. The van der Waals surface area contributed by atoms with E-state index in [1.54, 1.807) is 0 Å². The molecule has 0 spiro atoms. The Morgan fingerprint density at radius 1 is 1.36 bits per heavy atom. The van der Waals surface area contributed by atoms with Gasteiger partial charge in [0.2, 0.25) is 0 Å². The predicted octanol–water partition coefficient (Wildman–Crippen LogP) is 2.36. The molecule has 0 aliphatic rings. The molecule has 1 unspecified atom stereocenters. The summed E-state index contributed by atoms with van der Waals surface area (Å²) in [7, 11) is 3.91. The summed E-state index contributed by atoms with van der Waals surface area (Å²) in [6.45, 7) is 4.18. The Hall–Kier alpha value is -0.570. The predicted molar refractivity (Wildman–Crippen MR) is 58.5 cm³/mol. The minimum Gasteiger partial charge on any atom is -0.481 e. The largest absolute Gasteiger partial charge is 0.481 e. The zero-order chi connectivity index (χ0) is 11.2. The Balaban J connectivity index is 4.17. The highest BCUT2D eigenvalue weighted by atomic mass is 16.4. The first-order valence-corrected chi connectivity index (χ1v) is 5.31. The van der Waals surface area contributed by atoms with Crippen molar-refractivity contribution in [2.75, 3.05) is 14.1 Å². The molecule has 0 rings (SSSR count). The molecule has 0 amide bonds. The first-order valence-electron chi connectivity index (χ1n) is 5.31. The van der Waals surface area contributed by atoms with Gasteiger partial charge in [-0.05, 0) is 27.4 Å². The summed E-state index contributed by atoms with van der Waals surface area (Å²) in [4.78, 5) is 12.7. The number of carbonyl (C=O) groups is 1. The van der Waals surface area contributed by atoms with Gasteiger partial charge in [-0.25, -0.2) is 0 Å². The van der Waals surface area contributed by atoms with Crippen LogP contribution in [0.25, 0.3) is 0 Å². The Morgan fingerprint density at radius 3 is 2.29 bits per heavy atom. The van der Waals surface area contributed by atoms with Crippen molar-refractivity contribution in [1.29, 1.82) is 0 Å². The molecule has 0 radical (unpaired) electrons. The normalized spacial score (nSPS) is 15.5. The van der Waals surface area contributed by atoms with Crippen LogP contribution < -0.4 is 0 Å². The van der Waals surface area contributed by atoms with E-state index in [0.29, 0.717) is 0 Å². The van der Waals surface area contributed by atoms with Gasteiger partial charge in [0.05, 0.1) is 6.42 Å². The minimum atomic E-state index is -0.710. The van der Waals surface area contributed by atoms with E-state index < -0.39 is 5.97 Å². The molecule has 0 saturated carbocycles. The summed E-state index contributed by atoms with van der Waals surface area (Å²) in [6, 6.07) is 0. The number of aliphatic carboxylic acids is 1. The fourth-order valence-electron chi connectivity index (χ4n) is 1.55. The summed E-state index contributed by atoms with van der Waals surface area (Å²) in [6.07, 6.45) is 4.65. The zero-order valence-corrected chi connectivity index (χ0v) is 9.84. The van der Waals surface area contributed by atoms with Crippen molar-refractivity contribution in [3.05, 3.63) is 0 Å². The molecule has 0 fully saturated rings. The lowest BCUT2D eigenvalue weighted by Gasteiger charge is -2.35. The Labute approximate surface area is 87.1 Å². The molecule has 0 aliphatic carbocycles. The number of hydrogen-bond acceptors (Lipinski definition) is 2. The third-order valence-corrected chi connectivity index (χ3v) is 2.93. The first kappa shape index (κ1) is 13.4. The van der Waals surface area contributed by atoms with E-state index in [1.165, 1.54) is 12.8 Å². The lowest BCUT2D eigenvalue weighted by Crippen LogP contribution is -2.43. The smallest absolute Gasteiger partial charge is 0.305 e. The maximum atomic E-state index is 10.7. The van der Waals surface area contributed by atoms with Gasteiger partial charge in [-0.1, -0.05) is 26.2 Å². The molecule has 1 N–H and O–H groups in total. The van der Waals surface area contributed by atoms with E-state index >= 15 is 0 Å². The topological polar surface area (TPSA) is 40.5 Å². The van der Waals surface area contributed by atoms with Crippen LogP contribution in [0.15, 0.2) is 0 Å². The van der Waals surface area contributed by atoms with Crippen molar-refractivity contribution in [2.24, 2.45) is 0 Å². The Morgan fingerprint density at radius 2 is 1.93 bits per heavy atom. The number of hydrogen-bond donors (Lipinski definition) is 1. The second-order valence-corrected chi connectivity index (χ2v) is 4.42. The van der Waals surface area contributed by atoms with Crippen LogP contribution in [0.1, 0.15) is 46.0 Å². The van der Waals surface area contributed by atoms with Crippen LogP contribution in [-0.4, -0.2) is 35.6 Å². The van der Waals surface area contributed by atoms with Crippen LogP contribution in [-0.2, 0) is 4.79 Å². The van der Waals surface area contributed by atoms with Crippen molar-refractivity contribution in [2.45, 2.75) is 51.5 Å². The number of unbranched alkanes of at least 4 members (excludes halogenated alkanes) is 2. The van der Waals surface area contributed by atoms with E-state index in [4.69, 9.17) is 5.11 Å². The lowest BCUT2D eigenvalue weighted by atomic mass is 9.89. The maximum absolute atomic E-state index is 10.7. The van der Waals surface area contributed by atoms with Gasteiger partial charge in [0.1, 0.15) is 0 Å². The molecule has 1 atom stereocenters. The summed E-state index contributed by atoms with van der Waals surface area (Å²) in [5.74, 6) is -0.710. The van der Waals surface area contributed by atoms with Crippen LogP contribution in [0.2, 0.25) is 0 Å². The third kappa shape index (κ3) is 4.61. The van der Waals surface area contributed by atoms with Gasteiger partial charge in [0, 0.05) is 5.54 Å².